The molecular weight excluding hydrogens is 126 g/mol. The fraction of sp³-hybridized carbons (Fsp3) is 0.250. The molecule has 1 unspecified atom stereocenters. The minimum absolute atomic E-state index is 0.177. The highest BCUT2D eigenvalue weighted by molar-refractivity contribution is 5.62. The maximum absolute atomic E-state index is 8.77. The summed E-state index contributed by atoms with van der Waals surface area (Å²) in [6, 6.07) is 8.20. The Morgan fingerprint density at radius 2 is 2.20 bits per heavy atom. The van der Waals surface area contributed by atoms with Crippen molar-refractivity contribution in [1.29, 1.82) is 0 Å². The van der Waals surface area contributed by atoms with Gasteiger partial charge in [0, 0.05) is 5.69 Å². The number of aliphatic hydroxyl groups excluding tert-OH is 1. The third-order valence-electron chi connectivity index (χ3n) is 1.85. The number of fused-ring (bicyclic) bond motifs is 1. The second-order valence-electron chi connectivity index (χ2n) is 2.47. The third-order valence-corrected chi connectivity index (χ3v) is 1.85. The number of anilines is 1. The first-order valence-electron chi connectivity index (χ1n) is 3.38. The zero-order valence-corrected chi connectivity index (χ0v) is 5.54. The summed E-state index contributed by atoms with van der Waals surface area (Å²) >= 11 is 0. The molecule has 0 radical (unpaired) electrons. The van der Waals surface area contributed by atoms with Crippen molar-refractivity contribution in [2.24, 2.45) is 0 Å². The topological polar surface area (TPSA) is 32.3 Å². The second kappa shape index (κ2) is 1.99. The molecule has 0 bridgehead atoms. The summed E-state index contributed by atoms with van der Waals surface area (Å²) in [5.74, 6) is 0. The maximum Gasteiger partial charge on any atom is 0.0765 e. The Morgan fingerprint density at radius 1 is 1.40 bits per heavy atom. The van der Waals surface area contributed by atoms with Crippen LogP contribution in [0.4, 0.5) is 5.69 Å². The first-order chi connectivity index (χ1) is 4.92. The summed E-state index contributed by atoms with van der Waals surface area (Å²) in [6.45, 7) is 0.191. The Morgan fingerprint density at radius 3 is 2.90 bits per heavy atom. The van der Waals surface area contributed by atoms with Crippen molar-refractivity contribution < 1.29 is 5.11 Å². The van der Waals surface area contributed by atoms with Crippen LogP contribution in [0.25, 0.3) is 0 Å². The Balaban J connectivity index is 2.34. The monoisotopic (exact) mass is 135 g/mol. The standard InChI is InChI=1S/C8H9NO/c10-5-8-6-3-1-2-4-7(6)9-8/h1-4,8-10H,5H2. The van der Waals surface area contributed by atoms with Gasteiger partial charge in [-0.1, -0.05) is 18.2 Å². The van der Waals surface area contributed by atoms with E-state index in [1.807, 2.05) is 24.3 Å². The molecule has 2 rings (SSSR count). The lowest BCUT2D eigenvalue weighted by Crippen LogP contribution is -2.25. The van der Waals surface area contributed by atoms with Crippen molar-refractivity contribution in [2.75, 3.05) is 11.9 Å². The van der Waals surface area contributed by atoms with E-state index >= 15 is 0 Å². The van der Waals surface area contributed by atoms with E-state index in [0.29, 0.717) is 0 Å². The van der Waals surface area contributed by atoms with Gasteiger partial charge in [0.15, 0.2) is 0 Å². The molecule has 1 aliphatic rings. The van der Waals surface area contributed by atoms with E-state index in [4.69, 9.17) is 5.11 Å². The molecule has 1 heterocycles. The Bertz CT molecular complexity index is 247. The van der Waals surface area contributed by atoms with Crippen LogP contribution in [0, 0.1) is 0 Å². The number of benzene rings is 1. The lowest BCUT2D eigenvalue weighted by molar-refractivity contribution is 0.270. The average molecular weight is 135 g/mol. The molecule has 0 fully saturated rings. The second-order valence-corrected chi connectivity index (χ2v) is 2.47. The van der Waals surface area contributed by atoms with E-state index in [0.717, 1.165) is 5.69 Å². The first kappa shape index (κ1) is 5.74. The molecule has 0 saturated carbocycles. The average Bonchev–Trinajstić information content (AvgIpc) is 1.92. The van der Waals surface area contributed by atoms with Gasteiger partial charge in [-0.3, -0.25) is 0 Å². The molecule has 2 N–H and O–H groups in total. The Kier molecular flexibility index (Phi) is 1.14. The van der Waals surface area contributed by atoms with E-state index < -0.39 is 0 Å². The van der Waals surface area contributed by atoms with Crippen molar-refractivity contribution in [3.8, 4) is 0 Å². The normalized spacial score (nSPS) is 20.7. The van der Waals surface area contributed by atoms with E-state index in [1.54, 1.807) is 0 Å². The van der Waals surface area contributed by atoms with E-state index in [2.05, 4.69) is 5.32 Å². The SMILES string of the molecule is OCC1Nc2ccccc21. The minimum Gasteiger partial charge on any atom is -0.394 e. The highest BCUT2D eigenvalue weighted by Gasteiger charge is 2.22. The van der Waals surface area contributed by atoms with Crippen LogP contribution < -0.4 is 5.32 Å². The van der Waals surface area contributed by atoms with Crippen LogP contribution in [0.2, 0.25) is 0 Å². The van der Waals surface area contributed by atoms with Gasteiger partial charge in [-0.05, 0) is 11.6 Å². The van der Waals surface area contributed by atoms with Crippen LogP contribution in [-0.4, -0.2) is 11.7 Å². The van der Waals surface area contributed by atoms with Crippen molar-refractivity contribution in [1.82, 2.24) is 0 Å². The molecule has 0 aliphatic carbocycles. The lowest BCUT2D eigenvalue weighted by atomic mass is 9.98. The van der Waals surface area contributed by atoms with Gasteiger partial charge < -0.3 is 10.4 Å². The molecule has 0 amide bonds. The van der Waals surface area contributed by atoms with Crippen LogP contribution in [0.5, 0.6) is 0 Å². The van der Waals surface area contributed by atoms with Gasteiger partial charge in [0.05, 0.1) is 12.6 Å². The molecule has 1 aromatic rings. The highest BCUT2D eigenvalue weighted by Crippen LogP contribution is 2.34. The van der Waals surface area contributed by atoms with Gasteiger partial charge in [-0.25, -0.2) is 0 Å². The predicted octanol–water partition coefficient (Wildman–Crippen LogP) is 1.15. The van der Waals surface area contributed by atoms with Gasteiger partial charge in [0.1, 0.15) is 0 Å². The number of aliphatic hydroxyl groups is 1. The summed E-state index contributed by atoms with van der Waals surface area (Å²) in [4.78, 5) is 0. The van der Waals surface area contributed by atoms with Gasteiger partial charge in [0.25, 0.3) is 0 Å². The van der Waals surface area contributed by atoms with Crippen LogP contribution in [-0.2, 0) is 0 Å². The summed E-state index contributed by atoms with van der Waals surface area (Å²) in [5.41, 5.74) is 2.38. The first-order valence-corrected chi connectivity index (χ1v) is 3.38. The summed E-state index contributed by atoms with van der Waals surface area (Å²) < 4.78 is 0. The maximum atomic E-state index is 8.77. The van der Waals surface area contributed by atoms with Crippen molar-refractivity contribution >= 4 is 5.69 Å². The van der Waals surface area contributed by atoms with Crippen LogP contribution >= 0.6 is 0 Å². The molecule has 52 valence electrons. The number of hydrogen-bond acceptors (Lipinski definition) is 2. The predicted molar refractivity (Wildman–Crippen MR) is 39.9 cm³/mol. The third kappa shape index (κ3) is 0.625. The van der Waals surface area contributed by atoms with Gasteiger partial charge in [0.2, 0.25) is 0 Å². The zero-order valence-electron chi connectivity index (χ0n) is 5.54. The zero-order chi connectivity index (χ0) is 6.97. The Hall–Kier alpha value is -1.02. The molecule has 1 aromatic carbocycles. The smallest absolute Gasteiger partial charge is 0.0765 e. The molecule has 0 saturated heterocycles. The fourth-order valence-electron chi connectivity index (χ4n) is 1.26. The largest absolute Gasteiger partial charge is 0.394 e. The van der Waals surface area contributed by atoms with Crippen LogP contribution in [0.1, 0.15) is 11.6 Å². The summed E-state index contributed by atoms with van der Waals surface area (Å²) in [7, 11) is 0. The van der Waals surface area contributed by atoms with Gasteiger partial charge in [-0.15, -0.1) is 0 Å². The van der Waals surface area contributed by atoms with Crippen molar-refractivity contribution in [3.05, 3.63) is 29.8 Å². The Labute approximate surface area is 59.5 Å². The quantitative estimate of drug-likeness (QED) is 0.605. The number of hydrogen-bond donors (Lipinski definition) is 2. The molecule has 10 heavy (non-hydrogen) atoms. The fourth-order valence-corrected chi connectivity index (χ4v) is 1.26. The van der Waals surface area contributed by atoms with Crippen molar-refractivity contribution in [3.63, 3.8) is 0 Å². The molecule has 0 aromatic heterocycles. The molecule has 2 nitrogen and oxygen atoms in total. The number of rotatable bonds is 1. The van der Waals surface area contributed by atoms with Crippen LogP contribution in [0.3, 0.4) is 0 Å². The molecule has 1 atom stereocenters. The van der Waals surface area contributed by atoms with E-state index in [1.165, 1.54) is 5.56 Å². The summed E-state index contributed by atoms with van der Waals surface area (Å²) in [6.07, 6.45) is 0. The molecule has 1 aliphatic heterocycles. The molecular formula is C8H9NO. The van der Waals surface area contributed by atoms with Gasteiger partial charge >= 0.3 is 0 Å². The highest BCUT2D eigenvalue weighted by atomic mass is 16.3. The minimum atomic E-state index is 0.177. The molecule has 2 heteroatoms. The lowest BCUT2D eigenvalue weighted by Gasteiger charge is -2.30. The van der Waals surface area contributed by atoms with E-state index in [9.17, 15) is 0 Å². The van der Waals surface area contributed by atoms with Crippen molar-refractivity contribution in [2.45, 2.75) is 6.04 Å². The van der Waals surface area contributed by atoms with E-state index in [-0.39, 0.29) is 12.6 Å². The number of para-hydroxylation sites is 1. The molecule has 0 spiro atoms. The number of nitrogens with one attached hydrogen (secondary N) is 1. The summed E-state index contributed by atoms with van der Waals surface area (Å²) in [5, 5.41) is 11.9. The van der Waals surface area contributed by atoms with Crippen LogP contribution in [0.15, 0.2) is 24.3 Å². The van der Waals surface area contributed by atoms with Gasteiger partial charge in [-0.2, -0.15) is 0 Å².